The maximum Gasteiger partial charge on any atom is 0.260 e. The largest absolute Gasteiger partial charge is 0.279 e. The third kappa shape index (κ3) is 5.92. The van der Waals surface area contributed by atoms with Gasteiger partial charge in [-0.2, -0.15) is 4.31 Å². The van der Waals surface area contributed by atoms with Crippen LogP contribution < -0.4 is 4.90 Å². The van der Waals surface area contributed by atoms with Crippen LogP contribution in [-0.2, 0) is 16.6 Å². The van der Waals surface area contributed by atoms with Gasteiger partial charge >= 0.3 is 0 Å². The number of fused-ring (bicyclic) bond motifs is 1. The topological polar surface area (TPSA) is 70.6 Å². The van der Waals surface area contributed by atoms with E-state index in [9.17, 15) is 13.2 Å². The molecule has 6 nitrogen and oxygen atoms in total. The van der Waals surface area contributed by atoms with E-state index < -0.39 is 10.0 Å². The van der Waals surface area contributed by atoms with E-state index in [0.717, 1.165) is 34.2 Å². The van der Waals surface area contributed by atoms with Crippen LogP contribution in [0.5, 0.6) is 0 Å². The summed E-state index contributed by atoms with van der Waals surface area (Å²) in [5.74, 6) is -0.223. The Morgan fingerprint density at radius 3 is 2.14 bits per heavy atom. The molecule has 0 aliphatic rings. The number of nitrogens with zero attached hydrogens (tertiary/aromatic N) is 3. The fourth-order valence-corrected chi connectivity index (χ4v) is 6.87. The summed E-state index contributed by atoms with van der Waals surface area (Å²) in [4.78, 5) is 20.5. The Morgan fingerprint density at radius 2 is 1.51 bits per heavy atom. The number of anilines is 1. The van der Waals surface area contributed by atoms with Crippen LogP contribution in [0.25, 0.3) is 10.2 Å². The lowest BCUT2D eigenvalue weighted by Crippen LogP contribution is -2.33. The third-order valence-electron chi connectivity index (χ3n) is 6.34. The first-order valence-electron chi connectivity index (χ1n) is 12.6. The molecule has 0 bridgehead atoms. The Morgan fingerprint density at radius 1 is 0.892 bits per heavy atom. The van der Waals surface area contributed by atoms with Gasteiger partial charge in [0, 0.05) is 18.7 Å². The van der Waals surface area contributed by atoms with Gasteiger partial charge in [-0.25, -0.2) is 13.4 Å². The molecule has 1 amide bonds. The smallest absolute Gasteiger partial charge is 0.260 e. The number of sulfonamides is 1. The Hall–Kier alpha value is -3.07. The number of rotatable bonds is 10. The minimum atomic E-state index is -3.62. The summed E-state index contributed by atoms with van der Waals surface area (Å²) in [5, 5.41) is 0.614. The van der Waals surface area contributed by atoms with E-state index in [2.05, 4.69) is 19.9 Å². The summed E-state index contributed by atoms with van der Waals surface area (Å²) in [7, 11) is -3.62. The molecule has 3 aromatic carbocycles. The molecule has 0 fully saturated rings. The number of carbonyl (C=O) groups is 1. The summed E-state index contributed by atoms with van der Waals surface area (Å²) in [5.41, 5.74) is 4.60. The average Bonchev–Trinajstić information content (AvgIpc) is 3.30. The van der Waals surface area contributed by atoms with Gasteiger partial charge in [0.05, 0.1) is 21.7 Å². The molecule has 0 aliphatic carbocycles. The molecule has 194 valence electrons. The summed E-state index contributed by atoms with van der Waals surface area (Å²) in [6, 6.07) is 20.2. The van der Waals surface area contributed by atoms with Crippen LogP contribution in [0.2, 0.25) is 0 Å². The molecule has 0 atom stereocenters. The molecule has 0 N–H and O–H groups in total. The van der Waals surface area contributed by atoms with Crippen molar-refractivity contribution in [2.24, 2.45) is 0 Å². The number of amides is 1. The van der Waals surface area contributed by atoms with Gasteiger partial charge in [-0.3, -0.25) is 9.69 Å². The maximum absolute atomic E-state index is 13.8. The Labute approximate surface area is 223 Å². The zero-order chi connectivity index (χ0) is 26.6. The number of carbonyl (C=O) groups excluding carboxylic acids is 1. The SMILES string of the molecule is CCCN(CCC)S(=O)(=O)c1ccc(C(=O)N(Cc2ccccc2)c2nc3cc(C)c(C)cc3s2)cc1. The van der Waals surface area contributed by atoms with Gasteiger partial charge in [-0.1, -0.05) is 55.5 Å². The number of thiazole rings is 1. The highest BCUT2D eigenvalue weighted by Gasteiger charge is 2.25. The highest BCUT2D eigenvalue weighted by molar-refractivity contribution is 7.89. The summed E-state index contributed by atoms with van der Waals surface area (Å²) in [6.07, 6.45) is 1.48. The zero-order valence-corrected chi connectivity index (χ0v) is 23.4. The van der Waals surface area contributed by atoms with Crippen molar-refractivity contribution in [1.29, 1.82) is 0 Å². The Balaban J connectivity index is 1.69. The lowest BCUT2D eigenvalue weighted by molar-refractivity contribution is 0.0985. The molecule has 37 heavy (non-hydrogen) atoms. The molecule has 1 aromatic heterocycles. The fourth-order valence-electron chi connectivity index (χ4n) is 4.20. The van der Waals surface area contributed by atoms with Crippen molar-refractivity contribution < 1.29 is 13.2 Å². The van der Waals surface area contributed by atoms with E-state index in [1.807, 2.05) is 50.2 Å². The van der Waals surface area contributed by atoms with Gasteiger partial charge in [-0.15, -0.1) is 0 Å². The summed E-state index contributed by atoms with van der Waals surface area (Å²) in [6.45, 7) is 9.35. The van der Waals surface area contributed by atoms with Gasteiger partial charge in [0.15, 0.2) is 5.13 Å². The molecular weight excluding hydrogens is 502 g/mol. The number of aryl methyl sites for hydroxylation is 2. The van der Waals surface area contributed by atoms with E-state index in [1.165, 1.54) is 33.3 Å². The van der Waals surface area contributed by atoms with Crippen molar-refractivity contribution in [3.8, 4) is 0 Å². The molecule has 0 saturated carbocycles. The normalized spacial score (nSPS) is 11.8. The van der Waals surface area contributed by atoms with Crippen LogP contribution >= 0.6 is 11.3 Å². The summed E-state index contributed by atoms with van der Waals surface area (Å²) >= 11 is 1.48. The van der Waals surface area contributed by atoms with Gasteiger partial charge in [0.25, 0.3) is 5.91 Å². The molecule has 4 aromatic rings. The maximum atomic E-state index is 13.8. The minimum Gasteiger partial charge on any atom is -0.279 e. The lowest BCUT2D eigenvalue weighted by Gasteiger charge is -2.22. The van der Waals surface area contributed by atoms with Crippen molar-refractivity contribution in [2.45, 2.75) is 52.0 Å². The molecule has 1 heterocycles. The van der Waals surface area contributed by atoms with E-state index >= 15 is 0 Å². The van der Waals surface area contributed by atoms with Gasteiger partial charge < -0.3 is 0 Å². The first-order chi connectivity index (χ1) is 17.7. The molecule has 8 heteroatoms. The Bertz CT molecular complexity index is 1440. The van der Waals surface area contributed by atoms with E-state index in [4.69, 9.17) is 4.98 Å². The fraction of sp³-hybridized carbons (Fsp3) is 0.310. The van der Waals surface area contributed by atoms with Crippen molar-refractivity contribution in [3.63, 3.8) is 0 Å². The highest BCUT2D eigenvalue weighted by atomic mass is 32.2. The van der Waals surface area contributed by atoms with Crippen LogP contribution in [0.15, 0.2) is 71.6 Å². The lowest BCUT2D eigenvalue weighted by atomic mass is 10.1. The van der Waals surface area contributed by atoms with Gasteiger partial charge in [-0.05, 0) is 79.8 Å². The molecule has 0 aliphatic heterocycles. The van der Waals surface area contributed by atoms with E-state index in [1.54, 1.807) is 17.0 Å². The number of hydrogen-bond donors (Lipinski definition) is 0. The predicted octanol–water partition coefficient (Wildman–Crippen LogP) is 6.57. The first-order valence-corrected chi connectivity index (χ1v) is 14.8. The number of hydrogen-bond acceptors (Lipinski definition) is 5. The first kappa shape index (κ1) is 27.0. The Kier molecular flexibility index (Phi) is 8.42. The molecule has 0 radical (unpaired) electrons. The van der Waals surface area contributed by atoms with Gasteiger partial charge in [0.1, 0.15) is 0 Å². The van der Waals surface area contributed by atoms with E-state index in [-0.39, 0.29) is 10.8 Å². The zero-order valence-electron chi connectivity index (χ0n) is 21.8. The van der Waals surface area contributed by atoms with Gasteiger partial charge in [0.2, 0.25) is 10.0 Å². The molecular formula is C29H33N3O3S2. The van der Waals surface area contributed by atoms with Crippen molar-refractivity contribution in [1.82, 2.24) is 9.29 Å². The third-order valence-corrected chi connectivity index (χ3v) is 9.29. The van der Waals surface area contributed by atoms with Crippen LogP contribution in [-0.4, -0.2) is 36.7 Å². The highest BCUT2D eigenvalue weighted by Crippen LogP contribution is 2.32. The second-order valence-electron chi connectivity index (χ2n) is 9.21. The number of aromatic nitrogens is 1. The standard InChI is InChI=1S/C29H33N3O3S2/c1-5-16-31(17-6-2)37(34,35)25-14-12-24(13-15-25)28(33)32(20-23-10-8-7-9-11-23)29-30-26-18-21(3)22(4)19-27(26)36-29/h7-15,18-19H,5-6,16-17,20H2,1-4H3. The van der Waals surface area contributed by atoms with Crippen LogP contribution in [0.4, 0.5) is 5.13 Å². The molecule has 0 saturated heterocycles. The molecule has 0 unspecified atom stereocenters. The van der Waals surface area contributed by atoms with E-state index in [0.29, 0.717) is 30.3 Å². The van der Waals surface area contributed by atoms with Crippen molar-refractivity contribution >= 4 is 42.6 Å². The number of benzene rings is 3. The summed E-state index contributed by atoms with van der Waals surface area (Å²) < 4.78 is 28.9. The monoisotopic (exact) mass is 535 g/mol. The average molecular weight is 536 g/mol. The quantitative estimate of drug-likeness (QED) is 0.230. The molecule has 4 rings (SSSR count). The van der Waals surface area contributed by atoms with Crippen molar-refractivity contribution in [2.75, 3.05) is 18.0 Å². The predicted molar refractivity (Wildman–Crippen MR) is 152 cm³/mol. The second-order valence-corrected chi connectivity index (χ2v) is 12.2. The van der Waals surface area contributed by atoms with Crippen LogP contribution in [0.3, 0.4) is 0 Å². The molecule has 0 spiro atoms. The second kappa shape index (κ2) is 11.5. The van der Waals surface area contributed by atoms with Crippen LogP contribution in [0, 0.1) is 13.8 Å². The van der Waals surface area contributed by atoms with Crippen molar-refractivity contribution in [3.05, 3.63) is 89.0 Å². The minimum absolute atomic E-state index is 0.200. The van der Waals surface area contributed by atoms with Crippen LogP contribution in [0.1, 0.15) is 53.7 Å².